The zero-order valence-electron chi connectivity index (χ0n) is 12.0. The number of ether oxygens (including phenoxy) is 1. The summed E-state index contributed by atoms with van der Waals surface area (Å²) in [5, 5.41) is 7.19. The third-order valence-electron chi connectivity index (χ3n) is 3.88. The number of nitrogens with one attached hydrogen (secondary N) is 2. The van der Waals surface area contributed by atoms with Gasteiger partial charge in [0.05, 0.1) is 28.8 Å². The summed E-state index contributed by atoms with van der Waals surface area (Å²) in [7, 11) is 1.64. The van der Waals surface area contributed by atoms with Crippen molar-refractivity contribution in [1.29, 1.82) is 0 Å². The first kappa shape index (κ1) is 14.4. The molecule has 21 heavy (non-hydrogen) atoms. The minimum absolute atomic E-state index is 0.0496. The number of para-hydroxylation sites is 1. The summed E-state index contributed by atoms with van der Waals surface area (Å²) in [4.78, 5) is 17.0. The van der Waals surface area contributed by atoms with Crippen molar-refractivity contribution < 1.29 is 9.53 Å². The van der Waals surface area contributed by atoms with E-state index in [9.17, 15) is 4.79 Å². The summed E-state index contributed by atoms with van der Waals surface area (Å²) in [5.41, 5.74) is 0.548. The van der Waals surface area contributed by atoms with Gasteiger partial charge in [0.15, 0.2) is 0 Å². The summed E-state index contributed by atoms with van der Waals surface area (Å²) < 4.78 is 6.39. The Bertz CT molecular complexity index is 602. The zero-order valence-corrected chi connectivity index (χ0v) is 12.8. The van der Waals surface area contributed by atoms with Gasteiger partial charge in [0, 0.05) is 13.7 Å². The number of hydrogen-bond acceptors (Lipinski definition) is 5. The van der Waals surface area contributed by atoms with Gasteiger partial charge in [-0.15, -0.1) is 11.3 Å². The van der Waals surface area contributed by atoms with E-state index in [1.54, 1.807) is 18.4 Å². The molecule has 0 aliphatic carbocycles. The van der Waals surface area contributed by atoms with E-state index in [2.05, 4.69) is 15.6 Å². The lowest BCUT2D eigenvalue weighted by Crippen LogP contribution is -2.45. The van der Waals surface area contributed by atoms with E-state index in [1.165, 1.54) is 0 Å². The van der Waals surface area contributed by atoms with Crippen LogP contribution in [0.2, 0.25) is 0 Å². The number of benzene rings is 1. The predicted octanol–water partition coefficient (Wildman–Crippen LogP) is 1.54. The minimum atomic E-state index is -0.439. The highest BCUT2D eigenvalue weighted by molar-refractivity contribution is 7.18. The van der Waals surface area contributed by atoms with Crippen LogP contribution in [0.4, 0.5) is 0 Å². The summed E-state index contributed by atoms with van der Waals surface area (Å²) in [5.74, 6) is 0.0496. The fraction of sp³-hybridized carbons (Fsp3) is 0.467. The molecule has 0 bridgehead atoms. The van der Waals surface area contributed by atoms with Gasteiger partial charge in [-0.2, -0.15) is 0 Å². The number of methoxy groups -OCH3 is 1. The smallest absolute Gasteiger partial charge is 0.230 e. The topological polar surface area (TPSA) is 63.2 Å². The Labute approximate surface area is 127 Å². The molecule has 2 N–H and O–H groups in total. The quantitative estimate of drug-likeness (QED) is 0.879. The fourth-order valence-electron chi connectivity index (χ4n) is 2.74. The van der Waals surface area contributed by atoms with Crippen molar-refractivity contribution in [2.24, 2.45) is 5.41 Å². The Hall–Kier alpha value is -1.50. The Morgan fingerprint density at radius 1 is 1.52 bits per heavy atom. The van der Waals surface area contributed by atoms with E-state index in [-0.39, 0.29) is 5.91 Å². The van der Waals surface area contributed by atoms with E-state index < -0.39 is 5.41 Å². The first-order chi connectivity index (χ1) is 10.2. The highest BCUT2D eigenvalue weighted by atomic mass is 32.1. The molecule has 1 amide bonds. The second kappa shape index (κ2) is 6.09. The second-order valence-corrected chi connectivity index (χ2v) is 6.51. The van der Waals surface area contributed by atoms with Gasteiger partial charge < -0.3 is 15.4 Å². The molecule has 1 saturated heterocycles. The van der Waals surface area contributed by atoms with Crippen LogP contribution in [-0.4, -0.2) is 37.7 Å². The van der Waals surface area contributed by atoms with Crippen LogP contribution in [0.3, 0.4) is 0 Å². The van der Waals surface area contributed by atoms with Gasteiger partial charge in [-0.05, 0) is 25.1 Å². The predicted molar refractivity (Wildman–Crippen MR) is 83.3 cm³/mol. The van der Waals surface area contributed by atoms with Gasteiger partial charge in [0.1, 0.15) is 5.01 Å². The standard InChI is InChI=1S/C15H19N3O2S/c1-20-10-15(6-7-16-9-15)14(19)17-8-13-18-11-4-2-3-5-12(11)21-13/h2-5,16H,6-10H2,1H3,(H,17,19). The molecule has 0 radical (unpaired) electrons. The number of aromatic nitrogens is 1. The van der Waals surface area contributed by atoms with Crippen LogP contribution in [-0.2, 0) is 16.1 Å². The molecule has 1 aliphatic heterocycles. The number of rotatable bonds is 5. The van der Waals surface area contributed by atoms with E-state index in [0.29, 0.717) is 19.7 Å². The van der Waals surface area contributed by atoms with Gasteiger partial charge in [0.2, 0.25) is 5.91 Å². The number of hydrogen-bond donors (Lipinski definition) is 2. The maximum absolute atomic E-state index is 12.5. The van der Waals surface area contributed by atoms with Crippen LogP contribution in [0.15, 0.2) is 24.3 Å². The maximum Gasteiger partial charge on any atom is 0.230 e. The number of amides is 1. The molecule has 0 saturated carbocycles. The average molecular weight is 305 g/mol. The molecule has 1 unspecified atom stereocenters. The van der Waals surface area contributed by atoms with Gasteiger partial charge >= 0.3 is 0 Å². The SMILES string of the molecule is COCC1(C(=O)NCc2nc3ccccc3s2)CCNC1. The van der Waals surface area contributed by atoms with Gasteiger partial charge in [-0.3, -0.25) is 4.79 Å². The van der Waals surface area contributed by atoms with Crippen LogP contribution in [0.5, 0.6) is 0 Å². The normalized spacial score (nSPS) is 21.8. The zero-order chi connectivity index (χ0) is 14.7. The van der Waals surface area contributed by atoms with Crippen molar-refractivity contribution in [3.05, 3.63) is 29.3 Å². The molecule has 1 aliphatic rings. The van der Waals surface area contributed by atoms with Crippen molar-refractivity contribution in [2.75, 3.05) is 26.8 Å². The maximum atomic E-state index is 12.5. The third kappa shape index (κ3) is 2.92. The lowest BCUT2D eigenvalue weighted by atomic mass is 9.87. The van der Waals surface area contributed by atoms with E-state index in [4.69, 9.17) is 4.74 Å². The second-order valence-electron chi connectivity index (χ2n) is 5.40. The Morgan fingerprint density at radius 3 is 3.10 bits per heavy atom. The van der Waals surface area contributed by atoms with E-state index >= 15 is 0 Å². The molecule has 5 nitrogen and oxygen atoms in total. The van der Waals surface area contributed by atoms with Crippen molar-refractivity contribution >= 4 is 27.5 Å². The van der Waals surface area contributed by atoms with Crippen LogP contribution >= 0.6 is 11.3 Å². The van der Waals surface area contributed by atoms with Crippen molar-refractivity contribution in [3.8, 4) is 0 Å². The molecule has 1 atom stereocenters. The summed E-state index contributed by atoms with van der Waals surface area (Å²) >= 11 is 1.62. The molecule has 1 aromatic heterocycles. The Kier molecular flexibility index (Phi) is 4.19. The molecule has 2 aromatic rings. The van der Waals surface area contributed by atoms with Crippen LogP contribution in [0, 0.1) is 5.41 Å². The Morgan fingerprint density at radius 2 is 2.38 bits per heavy atom. The molecule has 6 heteroatoms. The van der Waals surface area contributed by atoms with Crippen LogP contribution in [0.1, 0.15) is 11.4 Å². The summed E-state index contributed by atoms with van der Waals surface area (Å²) in [6.07, 6.45) is 0.812. The highest BCUT2D eigenvalue weighted by Gasteiger charge is 2.41. The summed E-state index contributed by atoms with van der Waals surface area (Å²) in [6, 6.07) is 8.01. The van der Waals surface area contributed by atoms with Crippen LogP contribution in [0.25, 0.3) is 10.2 Å². The van der Waals surface area contributed by atoms with Crippen molar-refractivity contribution in [1.82, 2.24) is 15.6 Å². The number of thiazole rings is 1. The van der Waals surface area contributed by atoms with Crippen LogP contribution < -0.4 is 10.6 Å². The lowest BCUT2D eigenvalue weighted by molar-refractivity contribution is -0.133. The molecular formula is C15H19N3O2S. The molecule has 112 valence electrons. The van der Waals surface area contributed by atoms with E-state index in [0.717, 1.165) is 28.2 Å². The van der Waals surface area contributed by atoms with Crippen molar-refractivity contribution in [2.45, 2.75) is 13.0 Å². The monoisotopic (exact) mass is 305 g/mol. The molecule has 3 rings (SSSR count). The van der Waals surface area contributed by atoms with Crippen molar-refractivity contribution in [3.63, 3.8) is 0 Å². The summed E-state index contributed by atoms with van der Waals surface area (Å²) in [6.45, 7) is 2.46. The molecule has 1 fully saturated rings. The average Bonchev–Trinajstić information content (AvgIpc) is 3.12. The van der Waals surface area contributed by atoms with Gasteiger partial charge in [-0.25, -0.2) is 4.98 Å². The fourth-order valence-corrected chi connectivity index (χ4v) is 3.65. The molecular weight excluding hydrogens is 286 g/mol. The first-order valence-electron chi connectivity index (χ1n) is 7.06. The number of carbonyl (C=O) groups excluding carboxylic acids is 1. The highest BCUT2D eigenvalue weighted by Crippen LogP contribution is 2.27. The van der Waals surface area contributed by atoms with E-state index in [1.807, 2.05) is 24.3 Å². The molecule has 0 spiro atoms. The number of nitrogens with zero attached hydrogens (tertiary/aromatic N) is 1. The number of carbonyl (C=O) groups is 1. The first-order valence-corrected chi connectivity index (χ1v) is 7.88. The lowest BCUT2D eigenvalue weighted by Gasteiger charge is -2.25. The molecule has 1 aromatic carbocycles. The number of fused-ring (bicyclic) bond motifs is 1. The van der Waals surface area contributed by atoms with Gasteiger partial charge in [-0.1, -0.05) is 12.1 Å². The largest absolute Gasteiger partial charge is 0.384 e. The third-order valence-corrected chi connectivity index (χ3v) is 4.92. The molecule has 2 heterocycles. The van der Waals surface area contributed by atoms with Gasteiger partial charge in [0.25, 0.3) is 0 Å². The minimum Gasteiger partial charge on any atom is -0.384 e. The Balaban J connectivity index is 1.67.